The molecule has 0 unspecified atom stereocenters. The van der Waals surface area contributed by atoms with Gasteiger partial charge in [-0.05, 0) is 52.5 Å². The normalized spacial score (nSPS) is 40.1. The summed E-state index contributed by atoms with van der Waals surface area (Å²) in [5.74, 6) is 0. The van der Waals surface area contributed by atoms with Crippen molar-refractivity contribution < 1.29 is 0 Å². The summed E-state index contributed by atoms with van der Waals surface area (Å²) in [5, 5.41) is 0. The second kappa shape index (κ2) is 3.11. The Morgan fingerprint density at radius 1 is 1.00 bits per heavy atom. The Hall–Kier alpha value is -0.0800. The first-order valence-corrected chi connectivity index (χ1v) is 4.79. The lowest BCUT2D eigenvalue weighted by Gasteiger charge is -2.40. The van der Waals surface area contributed by atoms with Crippen LogP contribution in [0.25, 0.3) is 0 Å². The summed E-state index contributed by atoms with van der Waals surface area (Å²) in [6, 6.07) is 0.895. The van der Waals surface area contributed by atoms with E-state index in [2.05, 4.69) is 16.8 Å². The molecule has 0 aromatic rings. The molecule has 0 atom stereocenters. The van der Waals surface area contributed by atoms with Gasteiger partial charge in [0.2, 0.25) is 0 Å². The highest BCUT2D eigenvalue weighted by Gasteiger charge is 2.24. The van der Waals surface area contributed by atoms with Crippen molar-refractivity contribution in [3.05, 3.63) is 0 Å². The van der Waals surface area contributed by atoms with Crippen molar-refractivity contribution in [1.82, 2.24) is 9.80 Å². The molecule has 0 aliphatic carbocycles. The van der Waals surface area contributed by atoms with Gasteiger partial charge >= 0.3 is 0 Å². The van der Waals surface area contributed by atoms with Gasteiger partial charge in [-0.25, -0.2) is 0 Å². The summed E-state index contributed by atoms with van der Waals surface area (Å²) >= 11 is 0. The highest BCUT2D eigenvalue weighted by atomic mass is 15.2. The van der Waals surface area contributed by atoms with E-state index >= 15 is 0 Å². The van der Waals surface area contributed by atoms with Gasteiger partial charge in [-0.2, -0.15) is 0 Å². The predicted molar refractivity (Wildman–Crippen MR) is 46.7 cm³/mol. The minimum Gasteiger partial charge on any atom is -0.303 e. The average molecular weight is 154 g/mol. The standard InChI is InChI=1S/C9H18N2/c1-10-5-2-6-11-7-3-9(10)4-8-11/h9H,2-8H2,1H3. The molecule has 3 rings (SSSR count). The summed E-state index contributed by atoms with van der Waals surface area (Å²) in [6.45, 7) is 5.32. The van der Waals surface area contributed by atoms with Gasteiger partial charge in [0.25, 0.3) is 0 Å². The highest BCUT2D eigenvalue weighted by molar-refractivity contribution is 4.80. The Bertz CT molecular complexity index is 125. The second-order valence-corrected chi connectivity index (χ2v) is 3.91. The van der Waals surface area contributed by atoms with Gasteiger partial charge in [0.1, 0.15) is 0 Å². The van der Waals surface area contributed by atoms with E-state index in [1.54, 1.807) is 0 Å². The van der Waals surface area contributed by atoms with Crippen LogP contribution in [0.1, 0.15) is 19.3 Å². The third-order valence-electron chi connectivity index (χ3n) is 3.17. The molecule has 0 amide bonds. The third-order valence-corrected chi connectivity index (χ3v) is 3.17. The van der Waals surface area contributed by atoms with Gasteiger partial charge in [0, 0.05) is 6.04 Å². The van der Waals surface area contributed by atoms with Crippen molar-refractivity contribution in [2.45, 2.75) is 25.3 Å². The number of hydrogen-bond donors (Lipinski definition) is 0. The number of nitrogens with zero attached hydrogens (tertiary/aromatic N) is 2. The minimum absolute atomic E-state index is 0.895. The van der Waals surface area contributed by atoms with E-state index in [0.29, 0.717) is 0 Å². The van der Waals surface area contributed by atoms with Crippen molar-refractivity contribution >= 4 is 0 Å². The zero-order valence-electron chi connectivity index (χ0n) is 7.42. The molecule has 2 bridgehead atoms. The van der Waals surface area contributed by atoms with Crippen LogP contribution in [0.4, 0.5) is 0 Å². The molecular formula is C9H18N2. The Labute approximate surface area is 69.2 Å². The first-order valence-electron chi connectivity index (χ1n) is 4.79. The monoisotopic (exact) mass is 154 g/mol. The van der Waals surface area contributed by atoms with Crippen molar-refractivity contribution in [1.29, 1.82) is 0 Å². The van der Waals surface area contributed by atoms with E-state index in [1.165, 1.54) is 45.4 Å². The highest BCUT2D eigenvalue weighted by Crippen LogP contribution is 2.18. The lowest BCUT2D eigenvalue weighted by molar-refractivity contribution is 0.0940. The van der Waals surface area contributed by atoms with Gasteiger partial charge < -0.3 is 9.80 Å². The van der Waals surface area contributed by atoms with Gasteiger partial charge in [0.05, 0.1) is 0 Å². The Morgan fingerprint density at radius 2 is 1.73 bits per heavy atom. The van der Waals surface area contributed by atoms with Crippen molar-refractivity contribution in [3.63, 3.8) is 0 Å². The van der Waals surface area contributed by atoms with E-state index in [4.69, 9.17) is 0 Å². The SMILES string of the molecule is CN1CCCN2CCC1CC2. The zero-order valence-corrected chi connectivity index (χ0v) is 7.42. The Balaban J connectivity index is 2.00. The summed E-state index contributed by atoms with van der Waals surface area (Å²) < 4.78 is 0. The third kappa shape index (κ3) is 1.57. The van der Waals surface area contributed by atoms with Crippen LogP contribution in [0.2, 0.25) is 0 Å². The first kappa shape index (κ1) is 7.56. The smallest absolute Gasteiger partial charge is 0.0117 e. The van der Waals surface area contributed by atoms with Gasteiger partial charge in [0.15, 0.2) is 0 Å². The van der Waals surface area contributed by atoms with E-state index in [1.807, 2.05) is 0 Å². The van der Waals surface area contributed by atoms with Gasteiger partial charge in [-0.15, -0.1) is 0 Å². The average Bonchev–Trinajstić information content (AvgIpc) is 2.01. The number of fused-ring (bicyclic) bond motifs is 5. The topological polar surface area (TPSA) is 6.48 Å². The fourth-order valence-electron chi connectivity index (χ4n) is 2.31. The largest absolute Gasteiger partial charge is 0.303 e. The summed E-state index contributed by atoms with van der Waals surface area (Å²) in [4.78, 5) is 5.17. The second-order valence-electron chi connectivity index (χ2n) is 3.91. The summed E-state index contributed by atoms with van der Waals surface area (Å²) in [6.07, 6.45) is 4.17. The van der Waals surface area contributed by atoms with Gasteiger partial charge in [-0.1, -0.05) is 0 Å². The minimum atomic E-state index is 0.895. The van der Waals surface area contributed by atoms with Crippen molar-refractivity contribution in [2.24, 2.45) is 0 Å². The number of hydrogen-bond acceptors (Lipinski definition) is 2. The molecule has 3 fully saturated rings. The quantitative estimate of drug-likeness (QED) is 0.509. The Morgan fingerprint density at radius 3 is 2.45 bits per heavy atom. The van der Waals surface area contributed by atoms with Crippen molar-refractivity contribution in [3.8, 4) is 0 Å². The molecule has 2 heteroatoms. The maximum Gasteiger partial charge on any atom is 0.0117 e. The number of piperidine rings is 1. The van der Waals surface area contributed by atoms with E-state index in [0.717, 1.165) is 6.04 Å². The fourth-order valence-corrected chi connectivity index (χ4v) is 2.31. The first-order chi connectivity index (χ1) is 5.36. The molecule has 0 aromatic heterocycles. The zero-order chi connectivity index (χ0) is 7.68. The van der Waals surface area contributed by atoms with Crippen LogP contribution in [0, 0.1) is 0 Å². The van der Waals surface area contributed by atoms with Crippen LogP contribution in [0.3, 0.4) is 0 Å². The maximum atomic E-state index is 2.61. The van der Waals surface area contributed by atoms with Crippen LogP contribution >= 0.6 is 0 Å². The summed E-state index contributed by atoms with van der Waals surface area (Å²) in [7, 11) is 2.28. The maximum absolute atomic E-state index is 2.61. The van der Waals surface area contributed by atoms with Crippen LogP contribution in [0.15, 0.2) is 0 Å². The molecule has 64 valence electrons. The molecule has 3 heterocycles. The molecule has 0 N–H and O–H groups in total. The molecule has 3 saturated heterocycles. The van der Waals surface area contributed by atoms with Crippen LogP contribution in [0.5, 0.6) is 0 Å². The molecule has 0 spiro atoms. The molecular weight excluding hydrogens is 136 g/mol. The molecule has 2 nitrogen and oxygen atoms in total. The van der Waals surface area contributed by atoms with Crippen molar-refractivity contribution in [2.75, 3.05) is 33.2 Å². The summed E-state index contributed by atoms with van der Waals surface area (Å²) in [5.41, 5.74) is 0. The van der Waals surface area contributed by atoms with Crippen LogP contribution < -0.4 is 0 Å². The van der Waals surface area contributed by atoms with Crippen LogP contribution in [-0.2, 0) is 0 Å². The molecule has 3 aliphatic heterocycles. The van der Waals surface area contributed by atoms with E-state index in [9.17, 15) is 0 Å². The molecule has 0 radical (unpaired) electrons. The molecule has 11 heavy (non-hydrogen) atoms. The Kier molecular flexibility index (Phi) is 2.14. The van der Waals surface area contributed by atoms with Crippen LogP contribution in [-0.4, -0.2) is 49.1 Å². The number of rotatable bonds is 0. The van der Waals surface area contributed by atoms with Gasteiger partial charge in [-0.3, -0.25) is 0 Å². The lowest BCUT2D eigenvalue weighted by atomic mass is 10.0. The molecule has 3 aliphatic rings. The van der Waals surface area contributed by atoms with E-state index < -0.39 is 0 Å². The molecule has 0 saturated carbocycles. The van der Waals surface area contributed by atoms with E-state index in [-0.39, 0.29) is 0 Å². The molecule has 0 aromatic carbocycles. The predicted octanol–water partition coefficient (Wildman–Crippen LogP) is 0.786. The fraction of sp³-hybridized carbons (Fsp3) is 1.00. The lowest BCUT2D eigenvalue weighted by Crippen LogP contribution is -2.47.